The van der Waals surface area contributed by atoms with Crippen molar-refractivity contribution < 1.29 is 4.79 Å². The molecule has 23 heavy (non-hydrogen) atoms. The summed E-state index contributed by atoms with van der Waals surface area (Å²) >= 11 is 1.47. The number of imidazole rings is 1. The third kappa shape index (κ3) is 4.07. The van der Waals surface area contributed by atoms with Crippen LogP contribution >= 0.6 is 11.8 Å². The van der Waals surface area contributed by atoms with Crippen LogP contribution in [-0.2, 0) is 4.79 Å². The van der Waals surface area contributed by atoms with Gasteiger partial charge in [-0.05, 0) is 37.1 Å². The number of hydrogen-bond donors (Lipinski definition) is 2. The first kappa shape index (κ1) is 15.9. The number of anilines is 1. The Balaban J connectivity index is 1.60. The predicted molar refractivity (Wildman–Crippen MR) is 94.2 cm³/mol. The lowest BCUT2D eigenvalue weighted by molar-refractivity contribution is -0.119. The smallest absolute Gasteiger partial charge is 0.230 e. The molecule has 6 heteroatoms. The lowest BCUT2D eigenvalue weighted by Gasteiger charge is -2.12. The topological polar surface area (TPSA) is 59.0 Å². The van der Waals surface area contributed by atoms with Gasteiger partial charge in [-0.25, -0.2) is 4.98 Å². The van der Waals surface area contributed by atoms with Gasteiger partial charge in [-0.3, -0.25) is 9.36 Å². The molecule has 0 atom stereocenters. The van der Waals surface area contributed by atoms with Gasteiger partial charge in [0.25, 0.3) is 0 Å². The summed E-state index contributed by atoms with van der Waals surface area (Å²) in [5.41, 5.74) is 2.11. The zero-order valence-electron chi connectivity index (χ0n) is 13.3. The first-order valence-electron chi connectivity index (χ1n) is 8.00. The van der Waals surface area contributed by atoms with Gasteiger partial charge in [-0.15, -0.1) is 0 Å². The van der Waals surface area contributed by atoms with Crippen LogP contribution in [0.25, 0.3) is 5.69 Å². The standard InChI is InChI=1S/C17H22N4OS/c1-18-13-6-8-15(9-7-13)21-11-10-19-17(21)23-12-16(22)20-14-4-2-3-5-14/h6-11,14,18H,2-5,12H2,1H3,(H,20,22). The minimum Gasteiger partial charge on any atom is -0.388 e. The van der Waals surface area contributed by atoms with Crippen LogP contribution in [0.3, 0.4) is 0 Å². The molecule has 1 aromatic carbocycles. The van der Waals surface area contributed by atoms with Gasteiger partial charge in [0.05, 0.1) is 5.75 Å². The molecule has 0 bridgehead atoms. The average Bonchev–Trinajstić information content (AvgIpc) is 3.24. The Morgan fingerprint density at radius 1 is 1.30 bits per heavy atom. The maximum Gasteiger partial charge on any atom is 0.230 e. The highest BCUT2D eigenvalue weighted by Crippen LogP contribution is 2.22. The van der Waals surface area contributed by atoms with Gasteiger partial charge in [0.2, 0.25) is 5.91 Å². The van der Waals surface area contributed by atoms with Crippen LogP contribution in [0, 0.1) is 0 Å². The van der Waals surface area contributed by atoms with E-state index in [1.807, 2.05) is 42.1 Å². The number of thioether (sulfide) groups is 1. The highest BCUT2D eigenvalue weighted by atomic mass is 32.2. The summed E-state index contributed by atoms with van der Waals surface area (Å²) in [5, 5.41) is 7.05. The van der Waals surface area contributed by atoms with Crippen LogP contribution in [0.2, 0.25) is 0 Å². The van der Waals surface area contributed by atoms with Crippen LogP contribution in [0.4, 0.5) is 5.69 Å². The van der Waals surface area contributed by atoms with E-state index in [1.165, 1.54) is 24.6 Å². The maximum atomic E-state index is 12.0. The Morgan fingerprint density at radius 2 is 2.04 bits per heavy atom. The number of rotatable bonds is 6. The molecule has 0 unspecified atom stereocenters. The fourth-order valence-electron chi connectivity index (χ4n) is 2.85. The van der Waals surface area contributed by atoms with Crippen molar-refractivity contribution in [2.75, 3.05) is 18.1 Å². The molecule has 5 nitrogen and oxygen atoms in total. The summed E-state index contributed by atoms with van der Waals surface area (Å²) in [7, 11) is 1.90. The molecular formula is C17H22N4OS. The van der Waals surface area contributed by atoms with E-state index in [-0.39, 0.29) is 5.91 Å². The SMILES string of the molecule is CNc1ccc(-n2ccnc2SCC(=O)NC2CCCC2)cc1. The van der Waals surface area contributed by atoms with Crippen LogP contribution in [0.1, 0.15) is 25.7 Å². The molecular weight excluding hydrogens is 308 g/mol. The van der Waals surface area contributed by atoms with Crippen molar-refractivity contribution in [1.82, 2.24) is 14.9 Å². The lowest BCUT2D eigenvalue weighted by Crippen LogP contribution is -2.33. The molecule has 1 aliphatic rings. The zero-order valence-corrected chi connectivity index (χ0v) is 14.1. The first-order valence-corrected chi connectivity index (χ1v) is 8.98. The molecule has 0 saturated heterocycles. The Hall–Kier alpha value is -1.95. The molecule has 2 N–H and O–H groups in total. The molecule has 0 radical (unpaired) electrons. The molecule has 2 aromatic rings. The average molecular weight is 330 g/mol. The normalized spacial score (nSPS) is 14.8. The molecule has 3 rings (SSSR count). The molecule has 1 fully saturated rings. The minimum atomic E-state index is 0.0991. The number of carbonyl (C=O) groups is 1. The van der Waals surface area contributed by atoms with Crippen LogP contribution in [0.15, 0.2) is 41.8 Å². The highest BCUT2D eigenvalue weighted by Gasteiger charge is 2.17. The Kier molecular flexibility index (Phi) is 5.23. The predicted octanol–water partition coefficient (Wildman–Crippen LogP) is 3.06. The second kappa shape index (κ2) is 7.55. The summed E-state index contributed by atoms with van der Waals surface area (Å²) in [4.78, 5) is 16.4. The van der Waals surface area contributed by atoms with Gasteiger partial charge >= 0.3 is 0 Å². The number of nitrogens with zero attached hydrogens (tertiary/aromatic N) is 2. The fourth-order valence-corrected chi connectivity index (χ4v) is 3.64. The van der Waals surface area contributed by atoms with Crippen molar-refractivity contribution in [3.8, 4) is 5.69 Å². The summed E-state index contributed by atoms with van der Waals surface area (Å²) in [5.74, 6) is 0.504. The Labute approximate surface area is 140 Å². The van der Waals surface area contributed by atoms with E-state index in [0.29, 0.717) is 11.8 Å². The second-order valence-electron chi connectivity index (χ2n) is 5.71. The van der Waals surface area contributed by atoms with Crippen molar-refractivity contribution in [2.24, 2.45) is 0 Å². The van der Waals surface area contributed by atoms with Crippen molar-refractivity contribution in [1.29, 1.82) is 0 Å². The third-order valence-corrected chi connectivity index (χ3v) is 5.06. The summed E-state index contributed by atoms with van der Waals surface area (Å²) in [6.45, 7) is 0. The van der Waals surface area contributed by atoms with Gasteiger partial charge in [-0.2, -0.15) is 0 Å². The van der Waals surface area contributed by atoms with Crippen LogP contribution in [0.5, 0.6) is 0 Å². The lowest BCUT2D eigenvalue weighted by atomic mass is 10.2. The van der Waals surface area contributed by atoms with Crippen LogP contribution in [-0.4, -0.2) is 34.3 Å². The summed E-state index contributed by atoms with van der Waals surface area (Å²) in [6.07, 6.45) is 8.37. The van der Waals surface area contributed by atoms with Crippen molar-refractivity contribution >= 4 is 23.4 Å². The van der Waals surface area contributed by atoms with E-state index in [0.717, 1.165) is 29.4 Å². The van der Waals surface area contributed by atoms with Crippen molar-refractivity contribution in [3.63, 3.8) is 0 Å². The van der Waals surface area contributed by atoms with E-state index in [4.69, 9.17) is 0 Å². The second-order valence-corrected chi connectivity index (χ2v) is 6.66. The molecule has 0 spiro atoms. The van der Waals surface area contributed by atoms with E-state index >= 15 is 0 Å². The Bertz CT molecular complexity index is 647. The number of carbonyl (C=O) groups excluding carboxylic acids is 1. The molecule has 1 amide bonds. The molecule has 1 saturated carbocycles. The Morgan fingerprint density at radius 3 is 2.74 bits per heavy atom. The number of amides is 1. The van der Waals surface area contributed by atoms with E-state index < -0.39 is 0 Å². The molecule has 1 aromatic heterocycles. The van der Waals surface area contributed by atoms with Crippen molar-refractivity contribution in [2.45, 2.75) is 36.9 Å². The third-order valence-electron chi connectivity index (χ3n) is 4.09. The number of aromatic nitrogens is 2. The number of hydrogen-bond acceptors (Lipinski definition) is 4. The number of nitrogens with one attached hydrogen (secondary N) is 2. The highest BCUT2D eigenvalue weighted by molar-refractivity contribution is 7.99. The quantitative estimate of drug-likeness (QED) is 0.799. The number of benzene rings is 1. The van der Waals surface area contributed by atoms with Gasteiger partial charge < -0.3 is 10.6 Å². The fraction of sp³-hybridized carbons (Fsp3) is 0.412. The van der Waals surface area contributed by atoms with Gasteiger partial charge in [-0.1, -0.05) is 24.6 Å². The molecule has 0 aliphatic heterocycles. The summed E-state index contributed by atoms with van der Waals surface area (Å²) in [6, 6.07) is 8.50. The minimum absolute atomic E-state index is 0.0991. The molecule has 1 heterocycles. The van der Waals surface area contributed by atoms with Gasteiger partial charge in [0, 0.05) is 36.9 Å². The van der Waals surface area contributed by atoms with E-state index in [2.05, 4.69) is 15.6 Å². The summed E-state index contributed by atoms with van der Waals surface area (Å²) < 4.78 is 2.01. The van der Waals surface area contributed by atoms with E-state index in [1.54, 1.807) is 6.20 Å². The zero-order chi connectivity index (χ0) is 16.1. The maximum absolute atomic E-state index is 12.0. The molecule has 122 valence electrons. The van der Waals surface area contributed by atoms with Crippen molar-refractivity contribution in [3.05, 3.63) is 36.7 Å². The first-order chi connectivity index (χ1) is 11.3. The molecule has 1 aliphatic carbocycles. The monoisotopic (exact) mass is 330 g/mol. The van der Waals surface area contributed by atoms with E-state index in [9.17, 15) is 4.79 Å². The van der Waals surface area contributed by atoms with Gasteiger partial charge in [0.15, 0.2) is 5.16 Å². The van der Waals surface area contributed by atoms with Crippen LogP contribution < -0.4 is 10.6 Å². The largest absolute Gasteiger partial charge is 0.388 e. The van der Waals surface area contributed by atoms with Gasteiger partial charge in [0.1, 0.15) is 0 Å².